The van der Waals surface area contributed by atoms with Gasteiger partial charge < -0.3 is 14.8 Å². The Morgan fingerprint density at radius 2 is 2.05 bits per heavy atom. The van der Waals surface area contributed by atoms with Gasteiger partial charge in [0.2, 0.25) is 0 Å². The highest BCUT2D eigenvalue weighted by Gasteiger charge is 2.11. The molecule has 0 spiro atoms. The van der Waals surface area contributed by atoms with Crippen LogP contribution in [-0.2, 0) is 13.1 Å². The van der Waals surface area contributed by atoms with Gasteiger partial charge >= 0.3 is 0 Å². The number of ether oxygens (including phenoxy) is 2. The molecule has 4 nitrogen and oxygen atoms in total. The van der Waals surface area contributed by atoms with Crippen molar-refractivity contribution in [2.24, 2.45) is 0 Å². The normalized spacial score (nSPS) is 13.5. The lowest BCUT2D eigenvalue weighted by Gasteiger charge is -2.18. The Balaban J connectivity index is 1.58. The zero-order valence-electron chi connectivity index (χ0n) is 10.8. The van der Waals surface area contributed by atoms with Crippen LogP contribution >= 0.6 is 11.3 Å². The summed E-state index contributed by atoms with van der Waals surface area (Å²) in [5, 5.41) is 6.58. The second-order valence-electron chi connectivity index (χ2n) is 4.44. The number of rotatable bonds is 4. The Kier molecular flexibility index (Phi) is 3.66. The average Bonchev–Trinajstić information content (AvgIpc) is 2.84. The highest BCUT2D eigenvalue weighted by atomic mass is 32.1. The van der Waals surface area contributed by atoms with E-state index in [-0.39, 0.29) is 0 Å². The van der Waals surface area contributed by atoms with Crippen LogP contribution in [0.15, 0.2) is 23.6 Å². The van der Waals surface area contributed by atoms with Crippen molar-refractivity contribution in [1.82, 2.24) is 10.3 Å². The highest BCUT2D eigenvalue weighted by Crippen LogP contribution is 2.30. The van der Waals surface area contributed by atoms with Crippen LogP contribution in [0, 0.1) is 6.92 Å². The molecular weight excluding hydrogens is 260 g/mol. The zero-order valence-corrected chi connectivity index (χ0v) is 11.6. The summed E-state index contributed by atoms with van der Waals surface area (Å²) in [6.07, 6.45) is 0. The summed E-state index contributed by atoms with van der Waals surface area (Å²) in [6.45, 7) is 4.87. The van der Waals surface area contributed by atoms with Crippen molar-refractivity contribution < 1.29 is 9.47 Å². The van der Waals surface area contributed by atoms with Crippen molar-refractivity contribution in [3.05, 3.63) is 39.8 Å². The van der Waals surface area contributed by atoms with Gasteiger partial charge in [-0.05, 0) is 24.6 Å². The molecule has 0 atom stereocenters. The van der Waals surface area contributed by atoms with Crippen LogP contribution in [-0.4, -0.2) is 18.2 Å². The van der Waals surface area contributed by atoms with Crippen LogP contribution < -0.4 is 14.8 Å². The van der Waals surface area contributed by atoms with Gasteiger partial charge in [0.1, 0.15) is 13.2 Å². The number of thiazole rings is 1. The van der Waals surface area contributed by atoms with Crippen LogP contribution in [0.4, 0.5) is 0 Å². The quantitative estimate of drug-likeness (QED) is 0.932. The lowest BCUT2D eigenvalue weighted by molar-refractivity contribution is 0.171. The first-order valence-corrected chi connectivity index (χ1v) is 7.19. The van der Waals surface area contributed by atoms with E-state index in [9.17, 15) is 0 Å². The van der Waals surface area contributed by atoms with Crippen molar-refractivity contribution in [1.29, 1.82) is 0 Å². The Bertz CT molecular complexity index is 568. The molecule has 1 aromatic carbocycles. The molecule has 2 aromatic rings. The van der Waals surface area contributed by atoms with Crippen molar-refractivity contribution in [3.8, 4) is 11.5 Å². The van der Waals surface area contributed by atoms with E-state index in [4.69, 9.17) is 9.47 Å². The first-order valence-electron chi connectivity index (χ1n) is 6.31. The molecule has 1 N–H and O–H groups in total. The standard InChI is InChI=1S/C14H16N2O2S/c1-10-16-12(9-19-10)8-15-7-11-2-3-13-14(6-11)18-5-4-17-13/h2-3,6,9,15H,4-5,7-8H2,1H3. The van der Waals surface area contributed by atoms with Gasteiger partial charge in [-0.2, -0.15) is 0 Å². The molecule has 5 heteroatoms. The minimum Gasteiger partial charge on any atom is -0.486 e. The fourth-order valence-corrected chi connectivity index (χ4v) is 2.63. The molecule has 0 fully saturated rings. The van der Waals surface area contributed by atoms with Crippen LogP contribution in [0.5, 0.6) is 11.5 Å². The lowest BCUT2D eigenvalue weighted by Crippen LogP contribution is -2.16. The monoisotopic (exact) mass is 276 g/mol. The summed E-state index contributed by atoms with van der Waals surface area (Å²) in [4.78, 5) is 4.42. The van der Waals surface area contributed by atoms with Gasteiger partial charge in [-0.25, -0.2) is 4.98 Å². The molecular formula is C14H16N2O2S. The third kappa shape index (κ3) is 3.05. The van der Waals surface area contributed by atoms with E-state index in [0.29, 0.717) is 13.2 Å². The molecule has 0 unspecified atom stereocenters. The fraction of sp³-hybridized carbons (Fsp3) is 0.357. The van der Waals surface area contributed by atoms with E-state index in [0.717, 1.165) is 35.3 Å². The number of nitrogens with zero attached hydrogens (tertiary/aromatic N) is 1. The number of aromatic nitrogens is 1. The summed E-state index contributed by atoms with van der Waals surface area (Å²) < 4.78 is 11.1. The maximum atomic E-state index is 5.57. The first kappa shape index (κ1) is 12.4. The van der Waals surface area contributed by atoms with Gasteiger partial charge in [0.15, 0.2) is 11.5 Å². The van der Waals surface area contributed by atoms with Crippen LogP contribution in [0.3, 0.4) is 0 Å². The summed E-state index contributed by atoms with van der Waals surface area (Å²) in [6, 6.07) is 6.07. The third-order valence-electron chi connectivity index (χ3n) is 2.91. The molecule has 1 aromatic heterocycles. The third-order valence-corrected chi connectivity index (χ3v) is 3.73. The molecule has 0 saturated heterocycles. The number of benzene rings is 1. The number of nitrogens with one attached hydrogen (secondary N) is 1. The van der Waals surface area contributed by atoms with E-state index in [1.807, 2.05) is 19.1 Å². The van der Waals surface area contributed by atoms with Gasteiger partial charge in [-0.15, -0.1) is 11.3 Å². The summed E-state index contributed by atoms with van der Waals surface area (Å²) in [5.41, 5.74) is 2.29. The smallest absolute Gasteiger partial charge is 0.161 e. The number of hydrogen-bond donors (Lipinski definition) is 1. The molecule has 0 aliphatic carbocycles. The highest BCUT2D eigenvalue weighted by molar-refractivity contribution is 7.09. The van der Waals surface area contributed by atoms with Crippen molar-refractivity contribution in [3.63, 3.8) is 0 Å². The maximum Gasteiger partial charge on any atom is 0.161 e. The van der Waals surface area contributed by atoms with Gasteiger partial charge in [0.25, 0.3) is 0 Å². The minimum absolute atomic E-state index is 0.627. The van der Waals surface area contributed by atoms with Gasteiger partial charge in [0.05, 0.1) is 10.7 Å². The van der Waals surface area contributed by atoms with Crippen molar-refractivity contribution >= 4 is 11.3 Å². The molecule has 3 rings (SSSR count). The molecule has 0 amide bonds. The Morgan fingerprint density at radius 1 is 1.21 bits per heavy atom. The molecule has 0 saturated carbocycles. The number of hydrogen-bond acceptors (Lipinski definition) is 5. The second kappa shape index (κ2) is 5.59. The second-order valence-corrected chi connectivity index (χ2v) is 5.50. The van der Waals surface area contributed by atoms with Crippen LogP contribution in [0.1, 0.15) is 16.3 Å². The van der Waals surface area contributed by atoms with E-state index in [1.54, 1.807) is 11.3 Å². The summed E-state index contributed by atoms with van der Waals surface area (Å²) in [7, 11) is 0. The van der Waals surface area contributed by atoms with E-state index in [2.05, 4.69) is 21.7 Å². The van der Waals surface area contributed by atoms with Gasteiger partial charge in [0, 0.05) is 18.5 Å². The first-order chi connectivity index (χ1) is 9.31. The largest absolute Gasteiger partial charge is 0.486 e. The van der Waals surface area contributed by atoms with Crippen LogP contribution in [0.2, 0.25) is 0 Å². The number of fused-ring (bicyclic) bond motifs is 1. The van der Waals surface area contributed by atoms with E-state index >= 15 is 0 Å². The molecule has 19 heavy (non-hydrogen) atoms. The SMILES string of the molecule is Cc1nc(CNCc2ccc3c(c2)OCCO3)cs1. The molecule has 2 heterocycles. The Morgan fingerprint density at radius 3 is 2.84 bits per heavy atom. The van der Waals surface area contributed by atoms with Crippen molar-refractivity contribution in [2.45, 2.75) is 20.0 Å². The van der Waals surface area contributed by atoms with Gasteiger partial charge in [-0.1, -0.05) is 6.07 Å². The molecule has 0 bridgehead atoms. The molecule has 1 aliphatic rings. The topological polar surface area (TPSA) is 43.4 Å². The average molecular weight is 276 g/mol. The predicted octanol–water partition coefficient (Wildman–Crippen LogP) is 2.51. The van der Waals surface area contributed by atoms with Crippen LogP contribution in [0.25, 0.3) is 0 Å². The van der Waals surface area contributed by atoms with E-state index in [1.165, 1.54) is 5.56 Å². The predicted molar refractivity (Wildman–Crippen MR) is 74.8 cm³/mol. The molecule has 0 radical (unpaired) electrons. The summed E-state index contributed by atoms with van der Waals surface area (Å²) in [5.74, 6) is 1.68. The maximum absolute atomic E-state index is 5.57. The molecule has 1 aliphatic heterocycles. The van der Waals surface area contributed by atoms with Crippen molar-refractivity contribution in [2.75, 3.05) is 13.2 Å². The van der Waals surface area contributed by atoms with E-state index < -0.39 is 0 Å². The molecule has 100 valence electrons. The zero-order chi connectivity index (χ0) is 13.1. The lowest BCUT2D eigenvalue weighted by atomic mass is 10.2. The minimum atomic E-state index is 0.627. The summed E-state index contributed by atoms with van der Waals surface area (Å²) >= 11 is 1.68. The van der Waals surface area contributed by atoms with Gasteiger partial charge in [-0.3, -0.25) is 0 Å². The number of aryl methyl sites for hydroxylation is 1. The Hall–Kier alpha value is -1.59. The Labute approximate surface area is 116 Å². The fourth-order valence-electron chi connectivity index (χ4n) is 2.02.